The van der Waals surface area contributed by atoms with Crippen molar-refractivity contribution in [1.29, 1.82) is 0 Å². The summed E-state index contributed by atoms with van der Waals surface area (Å²) < 4.78 is 1.21. The standard InChI is InChI=1S/C10H10N6O3S4/c11-6(18)7(19)13-14-8-4(1-2-21-8)12-5(17)3-22-10-16-15-9(20)23-10/h1-2,14H,3H2,(H2,11,18)(H,12,17)(H,13,19)(H,15,20). The molecule has 2 aromatic heterocycles. The van der Waals surface area contributed by atoms with Crippen molar-refractivity contribution in [3.05, 3.63) is 15.4 Å². The monoisotopic (exact) mass is 390 g/mol. The average Bonchev–Trinajstić information content (AvgIpc) is 3.11. The molecule has 0 saturated heterocycles. The van der Waals surface area contributed by atoms with Gasteiger partial charge in [-0.2, -0.15) is 5.10 Å². The van der Waals surface area contributed by atoms with E-state index in [1.165, 1.54) is 34.4 Å². The van der Waals surface area contributed by atoms with Gasteiger partial charge in [-0.1, -0.05) is 23.1 Å². The van der Waals surface area contributed by atoms with Crippen LogP contribution in [0.15, 0.2) is 15.8 Å². The second-order valence-corrected chi connectivity index (χ2v) is 7.63. The van der Waals surface area contributed by atoms with Crippen LogP contribution in [0.2, 0.25) is 0 Å². The van der Waals surface area contributed by atoms with Crippen molar-refractivity contribution in [3.8, 4) is 0 Å². The maximum Gasteiger partial charge on any atom is 0.327 e. The van der Waals surface area contributed by atoms with Crippen LogP contribution in [0.5, 0.6) is 0 Å². The highest BCUT2D eigenvalue weighted by Crippen LogP contribution is 2.28. The number of primary amides is 1. The number of thiophene rings is 1. The molecule has 122 valence electrons. The molecule has 3 amide bonds. The van der Waals surface area contributed by atoms with E-state index in [0.29, 0.717) is 19.0 Å². The fraction of sp³-hybridized carbons (Fsp3) is 0.100. The van der Waals surface area contributed by atoms with E-state index in [1.807, 2.05) is 0 Å². The molecule has 0 aliphatic carbocycles. The highest BCUT2D eigenvalue weighted by molar-refractivity contribution is 8.01. The van der Waals surface area contributed by atoms with Crippen molar-refractivity contribution in [3.63, 3.8) is 0 Å². The molecule has 0 fully saturated rings. The SMILES string of the molecule is NC(=O)C(=O)NNc1sccc1NC(=O)CSc1n[nH]c(=S)s1. The first-order valence-corrected chi connectivity index (χ1v) is 8.96. The van der Waals surface area contributed by atoms with Crippen molar-refractivity contribution in [2.75, 3.05) is 16.5 Å². The van der Waals surface area contributed by atoms with Gasteiger partial charge in [0.25, 0.3) is 0 Å². The Bertz CT molecular complexity index is 781. The number of thioether (sulfide) groups is 1. The number of carbonyl (C=O) groups excluding carboxylic acids is 3. The fourth-order valence-corrected chi connectivity index (χ4v) is 3.85. The van der Waals surface area contributed by atoms with Crippen LogP contribution < -0.4 is 21.9 Å². The third-order valence-electron chi connectivity index (χ3n) is 2.20. The molecule has 0 radical (unpaired) electrons. The number of hydrogen-bond donors (Lipinski definition) is 5. The van der Waals surface area contributed by atoms with Gasteiger partial charge in [-0.15, -0.1) is 11.3 Å². The first-order chi connectivity index (χ1) is 11.0. The molecule has 2 aromatic rings. The zero-order valence-electron chi connectivity index (χ0n) is 11.2. The minimum atomic E-state index is -1.11. The predicted molar refractivity (Wildman–Crippen MR) is 91.9 cm³/mol. The lowest BCUT2D eigenvalue weighted by Crippen LogP contribution is -2.39. The molecule has 9 nitrogen and oxygen atoms in total. The number of nitrogens with two attached hydrogens (primary N) is 1. The van der Waals surface area contributed by atoms with Crippen molar-refractivity contribution in [2.24, 2.45) is 5.73 Å². The normalized spacial score (nSPS) is 10.1. The van der Waals surface area contributed by atoms with Crippen LogP contribution in [-0.2, 0) is 14.4 Å². The minimum absolute atomic E-state index is 0.152. The van der Waals surface area contributed by atoms with Gasteiger partial charge in [-0.3, -0.25) is 30.3 Å². The molecule has 0 aliphatic heterocycles. The summed E-state index contributed by atoms with van der Waals surface area (Å²) in [7, 11) is 0. The number of hydrogen-bond acceptors (Lipinski definition) is 9. The van der Waals surface area contributed by atoms with Crippen molar-refractivity contribution in [1.82, 2.24) is 15.6 Å². The average molecular weight is 390 g/mol. The van der Waals surface area contributed by atoms with Gasteiger partial charge in [-0.05, 0) is 23.7 Å². The summed E-state index contributed by atoms with van der Waals surface area (Å²) in [5.74, 6) is -2.19. The summed E-state index contributed by atoms with van der Waals surface area (Å²) in [5.41, 5.74) is 9.94. The Kier molecular flexibility index (Phi) is 6.09. The second kappa shape index (κ2) is 8.05. The number of rotatable bonds is 6. The van der Waals surface area contributed by atoms with Crippen LogP contribution in [0.3, 0.4) is 0 Å². The minimum Gasteiger partial charge on any atom is -0.361 e. The lowest BCUT2D eigenvalue weighted by Gasteiger charge is -2.08. The summed E-state index contributed by atoms with van der Waals surface area (Å²) in [4.78, 5) is 33.6. The van der Waals surface area contributed by atoms with Gasteiger partial charge in [-0.25, -0.2) is 0 Å². The Labute approximate surface area is 147 Å². The Balaban J connectivity index is 1.86. The fourth-order valence-electron chi connectivity index (χ4n) is 1.27. The topological polar surface area (TPSA) is 142 Å². The number of anilines is 2. The summed E-state index contributed by atoms with van der Waals surface area (Å²) >= 11 is 8.67. The number of aromatic amines is 1. The predicted octanol–water partition coefficient (Wildman–Crippen LogP) is 0.921. The number of nitrogens with zero attached hydrogens (tertiary/aromatic N) is 1. The number of nitrogens with one attached hydrogen (secondary N) is 4. The molecule has 6 N–H and O–H groups in total. The number of carbonyl (C=O) groups is 3. The number of amides is 3. The van der Waals surface area contributed by atoms with Gasteiger partial charge in [0.2, 0.25) is 5.91 Å². The molecule has 0 unspecified atom stereocenters. The lowest BCUT2D eigenvalue weighted by atomic mass is 10.5. The van der Waals surface area contributed by atoms with E-state index in [2.05, 4.69) is 26.4 Å². The quantitative estimate of drug-likeness (QED) is 0.214. The molecule has 23 heavy (non-hydrogen) atoms. The maximum atomic E-state index is 11.9. The number of aromatic nitrogens is 2. The summed E-state index contributed by atoms with van der Waals surface area (Å²) in [6.07, 6.45) is 0. The van der Waals surface area contributed by atoms with E-state index in [-0.39, 0.29) is 11.7 Å². The van der Waals surface area contributed by atoms with Crippen LogP contribution in [0.25, 0.3) is 0 Å². The molecule has 2 rings (SSSR count). The molecule has 0 aromatic carbocycles. The van der Waals surface area contributed by atoms with Crippen LogP contribution in [0, 0.1) is 3.95 Å². The first kappa shape index (κ1) is 17.4. The molecule has 0 spiro atoms. The molecule has 13 heteroatoms. The van der Waals surface area contributed by atoms with Crippen molar-refractivity contribution in [2.45, 2.75) is 4.34 Å². The molecule has 0 aliphatic rings. The Morgan fingerprint density at radius 1 is 1.43 bits per heavy atom. The van der Waals surface area contributed by atoms with E-state index >= 15 is 0 Å². The van der Waals surface area contributed by atoms with Gasteiger partial charge in [0, 0.05) is 0 Å². The van der Waals surface area contributed by atoms with Gasteiger partial charge in [0.1, 0.15) is 5.00 Å². The zero-order chi connectivity index (χ0) is 16.8. The summed E-state index contributed by atoms with van der Waals surface area (Å²) in [5, 5.41) is 11.4. The molecular weight excluding hydrogens is 380 g/mol. The molecule has 0 saturated carbocycles. The summed E-state index contributed by atoms with van der Waals surface area (Å²) in [6, 6.07) is 1.66. The first-order valence-electron chi connectivity index (χ1n) is 5.87. The Morgan fingerprint density at radius 3 is 2.87 bits per heavy atom. The van der Waals surface area contributed by atoms with Crippen LogP contribution in [-0.4, -0.2) is 33.7 Å². The molecule has 0 atom stereocenters. The second-order valence-electron chi connectivity index (χ2n) is 3.82. The third-order valence-corrected chi connectivity index (χ3v) is 5.26. The Morgan fingerprint density at radius 2 is 2.22 bits per heavy atom. The molecular formula is C10H10N6O3S4. The molecule has 2 heterocycles. The maximum absolute atomic E-state index is 11.9. The van der Waals surface area contributed by atoms with Crippen LogP contribution in [0.1, 0.15) is 0 Å². The van der Waals surface area contributed by atoms with E-state index in [0.717, 1.165) is 0 Å². The van der Waals surface area contributed by atoms with E-state index in [9.17, 15) is 14.4 Å². The van der Waals surface area contributed by atoms with Crippen LogP contribution >= 0.6 is 46.7 Å². The van der Waals surface area contributed by atoms with E-state index in [1.54, 1.807) is 11.4 Å². The van der Waals surface area contributed by atoms with E-state index in [4.69, 9.17) is 18.0 Å². The zero-order valence-corrected chi connectivity index (χ0v) is 14.5. The molecule has 0 bridgehead atoms. The van der Waals surface area contributed by atoms with Gasteiger partial charge < -0.3 is 11.1 Å². The lowest BCUT2D eigenvalue weighted by molar-refractivity contribution is -0.136. The Hall–Kier alpha value is -1.96. The third kappa shape index (κ3) is 5.31. The van der Waals surface area contributed by atoms with Gasteiger partial charge in [0.05, 0.1) is 11.4 Å². The highest BCUT2D eigenvalue weighted by Gasteiger charge is 2.12. The summed E-state index contributed by atoms with van der Waals surface area (Å²) in [6.45, 7) is 0. The van der Waals surface area contributed by atoms with Crippen molar-refractivity contribution >= 4 is 75.1 Å². The number of H-pyrrole nitrogens is 1. The van der Waals surface area contributed by atoms with E-state index < -0.39 is 11.8 Å². The van der Waals surface area contributed by atoms with Crippen LogP contribution in [0.4, 0.5) is 10.7 Å². The van der Waals surface area contributed by atoms with Crippen molar-refractivity contribution < 1.29 is 14.4 Å². The smallest absolute Gasteiger partial charge is 0.327 e. The highest BCUT2D eigenvalue weighted by atomic mass is 32.2. The largest absolute Gasteiger partial charge is 0.361 e. The van der Waals surface area contributed by atoms with Gasteiger partial charge >= 0.3 is 11.8 Å². The van der Waals surface area contributed by atoms with Gasteiger partial charge in [0.15, 0.2) is 8.29 Å². The number of hydrazine groups is 1.